The number of fused-ring (bicyclic) bond motifs is 3. The molecule has 1 aromatic carbocycles. The summed E-state index contributed by atoms with van der Waals surface area (Å²) in [6.45, 7) is 6.73. The number of nitrogens with two attached hydrogens (primary N) is 1. The zero-order chi connectivity index (χ0) is 29.0. The number of aromatic nitrogens is 3. The maximum absolute atomic E-state index is 12.3. The van der Waals surface area contributed by atoms with Crippen LogP contribution in [0.3, 0.4) is 0 Å². The third kappa shape index (κ3) is 4.89. The number of benzene rings is 1. The van der Waals surface area contributed by atoms with Crippen LogP contribution in [-0.2, 0) is 4.79 Å². The van der Waals surface area contributed by atoms with Gasteiger partial charge in [0.2, 0.25) is 5.91 Å². The second-order valence-corrected chi connectivity index (χ2v) is 12.7. The highest BCUT2D eigenvalue weighted by Gasteiger charge is 2.47. The summed E-state index contributed by atoms with van der Waals surface area (Å²) >= 11 is 6.66. The molecule has 0 unspecified atom stereocenters. The van der Waals surface area contributed by atoms with Gasteiger partial charge < -0.3 is 30.6 Å². The van der Waals surface area contributed by atoms with Gasteiger partial charge in [-0.05, 0) is 50.3 Å². The topological polar surface area (TPSA) is 116 Å². The number of amides is 1. The summed E-state index contributed by atoms with van der Waals surface area (Å²) in [7, 11) is 3.90. The molecular formula is C31H39ClN8O2. The standard InChI is InChI=1S/C31H39ClN8O2/c1-38-11-13-40(14-12-38)20-7-9-39(10-8-20)21-5-6-22(24(16-21)42-2)30-36-28-27(23(32)17-34-31(28)37-30)35-26-19-4-3-18(15-19)25(26)29(33)41/h3-6,16-20,25-26H,7-15H2,1-2H3,(H2,33,41)(H2,34,35,36,37)/t18-,19-,25+,26-/m1/s1. The molecule has 2 bridgehead atoms. The first-order valence-corrected chi connectivity index (χ1v) is 15.4. The van der Waals surface area contributed by atoms with Gasteiger partial charge in [0.05, 0.1) is 35.5 Å². The average Bonchev–Trinajstić information content (AvgIpc) is 3.74. The molecule has 2 saturated heterocycles. The second kappa shape index (κ2) is 11.1. The van der Waals surface area contributed by atoms with Crippen molar-refractivity contribution < 1.29 is 9.53 Å². The molecule has 1 saturated carbocycles. The number of nitrogens with zero attached hydrogens (tertiary/aromatic N) is 5. The van der Waals surface area contributed by atoms with Crippen LogP contribution in [0.4, 0.5) is 11.4 Å². The van der Waals surface area contributed by atoms with E-state index in [9.17, 15) is 4.79 Å². The number of nitrogens with one attached hydrogen (secondary N) is 2. The summed E-state index contributed by atoms with van der Waals surface area (Å²) in [4.78, 5) is 32.6. The summed E-state index contributed by atoms with van der Waals surface area (Å²) in [5, 5.41) is 4.02. The molecule has 1 amide bonds. The lowest BCUT2D eigenvalue weighted by Crippen LogP contribution is -2.52. The van der Waals surface area contributed by atoms with Crippen LogP contribution in [0.5, 0.6) is 5.75 Å². The summed E-state index contributed by atoms with van der Waals surface area (Å²) in [5.74, 6) is 1.23. The van der Waals surface area contributed by atoms with Crippen molar-refractivity contribution in [2.24, 2.45) is 23.5 Å². The van der Waals surface area contributed by atoms with Crippen molar-refractivity contribution in [1.29, 1.82) is 0 Å². The number of imidazole rings is 1. The van der Waals surface area contributed by atoms with E-state index in [0.717, 1.165) is 49.6 Å². The van der Waals surface area contributed by atoms with Crippen molar-refractivity contribution in [3.8, 4) is 17.1 Å². The summed E-state index contributed by atoms with van der Waals surface area (Å²) < 4.78 is 5.87. The molecule has 10 nitrogen and oxygen atoms in total. The normalized spacial score (nSPS) is 26.8. The number of H-pyrrole nitrogens is 1. The Morgan fingerprint density at radius 2 is 1.88 bits per heavy atom. The number of pyridine rings is 1. The first kappa shape index (κ1) is 27.5. The number of allylic oxidation sites excluding steroid dienone is 1. The highest BCUT2D eigenvalue weighted by molar-refractivity contribution is 6.34. The van der Waals surface area contributed by atoms with Crippen LogP contribution in [0.25, 0.3) is 22.6 Å². The van der Waals surface area contributed by atoms with Crippen molar-refractivity contribution in [2.75, 3.05) is 63.6 Å². The Labute approximate surface area is 251 Å². The van der Waals surface area contributed by atoms with Gasteiger partial charge >= 0.3 is 0 Å². The van der Waals surface area contributed by atoms with Gasteiger partial charge in [0.15, 0.2) is 5.65 Å². The van der Waals surface area contributed by atoms with Gasteiger partial charge in [0.25, 0.3) is 0 Å². The fourth-order valence-corrected chi connectivity index (χ4v) is 7.72. The largest absolute Gasteiger partial charge is 0.496 e. The van der Waals surface area contributed by atoms with Gasteiger partial charge in [0.1, 0.15) is 17.1 Å². The predicted molar refractivity (Wildman–Crippen MR) is 166 cm³/mol. The number of ether oxygens (including phenoxy) is 1. The number of carbonyl (C=O) groups is 1. The SMILES string of the molecule is COc1cc(N2CCC(N3CCN(C)CC3)CC2)ccc1-c1nc2ncc(Cl)c(N[C@H]3[C@@H](C(N)=O)[C@@H]4C=C[C@@H]3C4)c2[nH]1. The minimum absolute atomic E-state index is 0.124. The zero-order valence-corrected chi connectivity index (χ0v) is 25.0. The Balaban J connectivity index is 1.11. The predicted octanol–water partition coefficient (Wildman–Crippen LogP) is 3.59. The maximum atomic E-state index is 12.3. The van der Waals surface area contributed by atoms with Crippen molar-refractivity contribution in [3.05, 3.63) is 41.6 Å². The molecule has 2 aliphatic heterocycles. The number of aromatic amines is 1. The summed E-state index contributed by atoms with van der Waals surface area (Å²) in [5.41, 5.74) is 9.75. The number of methoxy groups -OCH3 is 1. The molecule has 7 rings (SSSR count). The van der Waals surface area contributed by atoms with E-state index in [1.165, 1.54) is 25.9 Å². The number of rotatable bonds is 7. The van der Waals surface area contributed by atoms with Gasteiger partial charge in [-0.1, -0.05) is 23.8 Å². The number of likely N-dealkylation sites (N-methyl/N-ethyl adjacent to an activating group) is 1. The van der Waals surface area contributed by atoms with E-state index in [2.05, 4.69) is 67.4 Å². The van der Waals surface area contributed by atoms with Crippen LogP contribution in [0.15, 0.2) is 36.5 Å². The van der Waals surface area contributed by atoms with E-state index in [-0.39, 0.29) is 29.7 Å². The molecule has 0 radical (unpaired) electrons. The number of halogens is 1. The first-order valence-electron chi connectivity index (χ1n) is 15.0. The molecule has 3 aromatic rings. The van der Waals surface area contributed by atoms with Gasteiger partial charge in [-0.15, -0.1) is 0 Å². The number of anilines is 2. The number of hydrogen-bond donors (Lipinski definition) is 3. The van der Waals surface area contributed by atoms with Crippen molar-refractivity contribution in [3.63, 3.8) is 0 Å². The zero-order valence-electron chi connectivity index (χ0n) is 24.2. The molecule has 3 fully saturated rings. The fourth-order valence-electron chi connectivity index (χ4n) is 7.52. The Hall–Kier alpha value is -3.34. The second-order valence-electron chi connectivity index (χ2n) is 12.3. The lowest BCUT2D eigenvalue weighted by Gasteiger charge is -2.42. The van der Waals surface area contributed by atoms with Gasteiger partial charge in [-0.3, -0.25) is 9.69 Å². The lowest BCUT2D eigenvalue weighted by atomic mass is 9.88. The Kier molecular flexibility index (Phi) is 7.24. The quantitative estimate of drug-likeness (QED) is 0.358. The van der Waals surface area contributed by atoms with E-state index < -0.39 is 0 Å². The maximum Gasteiger partial charge on any atom is 0.223 e. The smallest absolute Gasteiger partial charge is 0.223 e. The number of carbonyl (C=O) groups excluding carboxylic acids is 1. The van der Waals surface area contributed by atoms with Gasteiger partial charge in [0, 0.05) is 63.1 Å². The number of piperidine rings is 1. The highest BCUT2D eigenvalue weighted by atomic mass is 35.5. The lowest BCUT2D eigenvalue weighted by molar-refractivity contribution is -0.122. The molecule has 4 heterocycles. The number of primary amides is 1. The molecule has 4 N–H and O–H groups in total. The third-order valence-corrected chi connectivity index (χ3v) is 10.2. The fraction of sp³-hybridized carbons (Fsp3) is 0.516. The molecule has 11 heteroatoms. The molecule has 4 aliphatic rings. The van der Waals surface area contributed by atoms with E-state index in [1.807, 2.05) is 0 Å². The summed E-state index contributed by atoms with van der Waals surface area (Å²) in [6, 6.07) is 6.87. The Morgan fingerprint density at radius 3 is 2.62 bits per heavy atom. The number of piperazine rings is 1. The van der Waals surface area contributed by atoms with E-state index in [0.29, 0.717) is 33.7 Å². The van der Waals surface area contributed by atoms with Crippen LogP contribution in [-0.4, -0.2) is 96.2 Å². The Bertz CT molecular complexity index is 1510. The first-order chi connectivity index (χ1) is 20.4. The minimum Gasteiger partial charge on any atom is -0.496 e. The van der Waals surface area contributed by atoms with E-state index >= 15 is 0 Å². The van der Waals surface area contributed by atoms with Gasteiger partial charge in [-0.2, -0.15) is 0 Å². The Morgan fingerprint density at radius 1 is 1.12 bits per heavy atom. The van der Waals surface area contributed by atoms with Crippen molar-refractivity contribution in [1.82, 2.24) is 24.8 Å². The molecule has 42 heavy (non-hydrogen) atoms. The third-order valence-electron chi connectivity index (χ3n) is 9.90. The monoisotopic (exact) mass is 590 g/mol. The van der Waals surface area contributed by atoms with Crippen LogP contribution in [0.1, 0.15) is 19.3 Å². The minimum atomic E-state index is -0.288. The molecular weight excluding hydrogens is 552 g/mol. The van der Waals surface area contributed by atoms with Crippen LogP contribution < -0.4 is 20.7 Å². The molecule has 222 valence electrons. The van der Waals surface area contributed by atoms with E-state index in [4.69, 9.17) is 27.1 Å². The van der Waals surface area contributed by atoms with Crippen LogP contribution in [0.2, 0.25) is 5.02 Å². The summed E-state index contributed by atoms with van der Waals surface area (Å²) in [6.07, 6.45) is 9.16. The number of hydrogen-bond acceptors (Lipinski definition) is 8. The molecule has 0 spiro atoms. The van der Waals surface area contributed by atoms with E-state index in [1.54, 1.807) is 13.3 Å². The van der Waals surface area contributed by atoms with Crippen LogP contribution in [0, 0.1) is 17.8 Å². The molecule has 2 aromatic heterocycles. The average molecular weight is 591 g/mol. The molecule has 4 atom stereocenters. The van der Waals surface area contributed by atoms with Gasteiger partial charge in [-0.25, -0.2) is 9.97 Å². The van der Waals surface area contributed by atoms with Crippen molar-refractivity contribution in [2.45, 2.75) is 31.3 Å². The highest BCUT2D eigenvalue weighted by Crippen LogP contribution is 2.46. The molecule has 2 aliphatic carbocycles. The van der Waals surface area contributed by atoms with Crippen LogP contribution >= 0.6 is 11.6 Å². The van der Waals surface area contributed by atoms with Crippen molar-refractivity contribution >= 4 is 40.0 Å².